The third-order valence-electron chi connectivity index (χ3n) is 4.18. The van der Waals surface area contributed by atoms with E-state index >= 15 is 0 Å². The van der Waals surface area contributed by atoms with Crippen LogP contribution in [0.25, 0.3) is 0 Å². The van der Waals surface area contributed by atoms with Crippen LogP contribution in [0.2, 0.25) is 0 Å². The lowest BCUT2D eigenvalue weighted by Crippen LogP contribution is -2.31. The van der Waals surface area contributed by atoms with E-state index < -0.39 is 0 Å². The highest BCUT2D eigenvalue weighted by Crippen LogP contribution is 2.21. The van der Waals surface area contributed by atoms with Crippen molar-refractivity contribution in [2.75, 3.05) is 30.7 Å². The number of nitrogens with one attached hydrogen (secondary N) is 2. The molecule has 2 N–H and O–H groups in total. The number of rotatable bonds is 8. The summed E-state index contributed by atoms with van der Waals surface area (Å²) in [7, 11) is 0. The van der Waals surface area contributed by atoms with Crippen molar-refractivity contribution in [2.45, 2.75) is 26.7 Å². The first-order chi connectivity index (χ1) is 13.5. The third-order valence-corrected chi connectivity index (χ3v) is 5.23. The molecule has 0 saturated carbocycles. The molecular weight excluding hydrogens is 376 g/mol. The molecular formula is C20H24N4O3S. The highest BCUT2D eigenvalue weighted by atomic mass is 32.2. The van der Waals surface area contributed by atoms with Crippen molar-refractivity contribution in [1.29, 1.82) is 5.26 Å². The Morgan fingerprint density at radius 2 is 1.96 bits per heavy atom. The van der Waals surface area contributed by atoms with E-state index in [9.17, 15) is 19.6 Å². The standard InChI is InChI=1S/C20H24N4O3S/c1-3-22-19(17(12-21)20(27)24-9-4-5-10-24)28-13-18(26)23-16-8-6-7-15(11-16)14(2)25/h6-8,11,22H,3-5,9-10,13H2,1-2H3,(H,23,26)/b19-17+. The molecule has 2 rings (SSSR count). The Balaban J connectivity index is 2.06. The van der Waals surface area contributed by atoms with Crippen molar-refractivity contribution in [2.24, 2.45) is 0 Å². The first-order valence-electron chi connectivity index (χ1n) is 9.17. The van der Waals surface area contributed by atoms with Gasteiger partial charge >= 0.3 is 0 Å². The number of thioether (sulfide) groups is 1. The Labute approximate surface area is 169 Å². The maximum atomic E-state index is 12.6. The first-order valence-corrected chi connectivity index (χ1v) is 10.2. The van der Waals surface area contributed by atoms with Gasteiger partial charge in [0, 0.05) is 30.9 Å². The fraction of sp³-hybridized carbons (Fsp3) is 0.400. The van der Waals surface area contributed by atoms with Gasteiger partial charge in [0.2, 0.25) is 5.91 Å². The molecule has 0 radical (unpaired) electrons. The molecule has 1 fully saturated rings. The molecule has 0 atom stereocenters. The number of carbonyl (C=O) groups excluding carboxylic acids is 3. The zero-order valence-electron chi connectivity index (χ0n) is 16.1. The van der Waals surface area contributed by atoms with Gasteiger partial charge in [-0.25, -0.2) is 0 Å². The van der Waals surface area contributed by atoms with Crippen molar-refractivity contribution < 1.29 is 14.4 Å². The Hall–Kier alpha value is -2.79. The summed E-state index contributed by atoms with van der Waals surface area (Å²) in [6, 6.07) is 8.69. The molecule has 1 aromatic carbocycles. The lowest BCUT2D eigenvalue weighted by molar-refractivity contribution is -0.125. The number of benzene rings is 1. The number of hydrogen-bond donors (Lipinski definition) is 2. The predicted octanol–water partition coefficient (Wildman–Crippen LogP) is 2.53. The maximum Gasteiger partial charge on any atom is 0.267 e. The Morgan fingerprint density at radius 1 is 1.25 bits per heavy atom. The van der Waals surface area contributed by atoms with E-state index in [2.05, 4.69) is 10.6 Å². The summed E-state index contributed by atoms with van der Waals surface area (Å²) in [5, 5.41) is 15.7. The van der Waals surface area contributed by atoms with E-state index in [1.54, 1.807) is 29.2 Å². The van der Waals surface area contributed by atoms with E-state index in [-0.39, 0.29) is 28.9 Å². The van der Waals surface area contributed by atoms with E-state index in [4.69, 9.17) is 0 Å². The molecule has 28 heavy (non-hydrogen) atoms. The van der Waals surface area contributed by atoms with Crippen LogP contribution in [0.3, 0.4) is 0 Å². The second-order valence-electron chi connectivity index (χ2n) is 6.32. The summed E-state index contributed by atoms with van der Waals surface area (Å²) in [5.74, 6) is -0.627. The summed E-state index contributed by atoms with van der Waals surface area (Å²) in [6.45, 7) is 5.17. The lowest BCUT2D eigenvalue weighted by Gasteiger charge is -2.17. The lowest BCUT2D eigenvalue weighted by atomic mass is 10.1. The molecule has 0 bridgehead atoms. The minimum Gasteiger partial charge on any atom is -0.379 e. The van der Waals surface area contributed by atoms with Crippen LogP contribution in [0.1, 0.15) is 37.0 Å². The van der Waals surface area contributed by atoms with E-state index in [0.29, 0.717) is 35.9 Å². The Kier molecular flexibility index (Phi) is 8.08. The zero-order chi connectivity index (χ0) is 20.5. The zero-order valence-corrected chi connectivity index (χ0v) is 16.9. The summed E-state index contributed by atoms with van der Waals surface area (Å²) in [5.41, 5.74) is 1.09. The second-order valence-corrected chi connectivity index (χ2v) is 7.31. The van der Waals surface area contributed by atoms with Crippen LogP contribution in [-0.2, 0) is 9.59 Å². The molecule has 0 aliphatic carbocycles. The van der Waals surface area contributed by atoms with Gasteiger partial charge in [-0.05, 0) is 38.8 Å². The fourth-order valence-electron chi connectivity index (χ4n) is 2.80. The van der Waals surface area contributed by atoms with Gasteiger partial charge in [-0.3, -0.25) is 14.4 Å². The average molecular weight is 401 g/mol. The van der Waals surface area contributed by atoms with Crippen LogP contribution in [0.5, 0.6) is 0 Å². The van der Waals surface area contributed by atoms with Crippen LogP contribution in [0.4, 0.5) is 5.69 Å². The molecule has 1 aliphatic rings. The molecule has 0 unspecified atom stereocenters. The normalized spacial score (nSPS) is 14.1. The van der Waals surface area contributed by atoms with Gasteiger partial charge < -0.3 is 15.5 Å². The summed E-state index contributed by atoms with van der Waals surface area (Å²) in [4.78, 5) is 38.0. The molecule has 1 aliphatic heterocycles. The Bertz CT molecular complexity index is 823. The van der Waals surface area contributed by atoms with Gasteiger partial charge in [0.15, 0.2) is 5.78 Å². The van der Waals surface area contributed by atoms with E-state index in [0.717, 1.165) is 24.6 Å². The van der Waals surface area contributed by atoms with E-state index in [1.165, 1.54) is 6.92 Å². The quantitative estimate of drug-likeness (QED) is 0.395. The van der Waals surface area contributed by atoms with Crippen molar-refractivity contribution in [3.8, 4) is 6.07 Å². The van der Waals surface area contributed by atoms with Gasteiger partial charge in [-0.15, -0.1) is 0 Å². The van der Waals surface area contributed by atoms with Crippen molar-refractivity contribution >= 4 is 35.0 Å². The van der Waals surface area contributed by atoms with Crippen LogP contribution in [-0.4, -0.2) is 47.9 Å². The number of ketones is 1. The summed E-state index contributed by atoms with van der Waals surface area (Å²) >= 11 is 1.12. The van der Waals surface area contributed by atoms with Gasteiger partial charge in [-0.1, -0.05) is 23.9 Å². The number of Topliss-reactive ketones (excluding diaryl/α,β-unsaturated/α-hetero) is 1. The first kappa shape index (κ1) is 21.5. The number of amides is 2. The molecule has 148 valence electrons. The Morgan fingerprint density at radius 3 is 2.57 bits per heavy atom. The molecule has 7 nitrogen and oxygen atoms in total. The highest BCUT2D eigenvalue weighted by molar-refractivity contribution is 8.03. The van der Waals surface area contributed by atoms with Gasteiger partial charge in [0.25, 0.3) is 5.91 Å². The topological polar surface area (TPSA) is 102 Å². The van der Waals surface area contributed by atoms with Crippen LogP contribution in [0, 0.1) is 11.3 Å². The van der Waals surface area contributed by atoms with Crippen molar-refractivity contribution in [3.05, 3.63) is 40.4 Å². The molecule has 0 aromatic heterocycles. The van der Waals surface area contributed by atoms with Crippen molar-refractivity contribution in [3.63, 3.8) is 0 Å². The minimum atomic E-state index is -0.294. The number of nitrogens with zero attached hydrogens (tertiary/aromatic N) is 2. The smallest absolute Gasteiger partial charge is 0.267 e. The predicted molar refractivity (Wildman–Crippen MR) is 110 cm³/mol. The van der Waals surface area contributed by atoms with E-state index in [1.807, 2.05) is 13.0 Å². The van der Waals surface area contributed by atoms with Gasteiger partial charge in [-0.2, -0.15) is 5.26 Å². The minimum absolute atomic E-state index is 0.0328. The molecule has 8 heteroatoms. The fourth-order valence-corrected chi connectivity index (χ4v) is 3.67. The van der Waals surface area contributed by atoms with Crippen LogP contribution >= 0.6 is 11.8 Å². The highest BCUT2D eigenvalue weighted by Gasteiger charge is 2.25. The number of hydrogen-bond acceptors (Lipinski definition) is 6. The third kappa shape index (κ3) is 5.86. The molecule has 0 spiro atoms. The van der Waals surface area contributed by atoms with Gasteiger partial charge in [0.05, 0.1) is 10.8 Å². The summed E-state index contributed by atoms with van der Waals surface area (Å²) in [6.07, 6.45) is 1.88. The van der Waals surface area contributed by atoms with Crippen LogP contribution in [0.15, 0.2) is 34.9 Å². The monoisotopic (exact) mass is 400 g/mol. The number of nitriles is 1. The largest absolute Gasteiger partial charge is 0.379 e. The second kappa shape index (κ2) is 10.5. The van der Waals surface area contributed by atoms with Crippen molar-refractivity contribution in [1.82, 2.24) is 10.2 Å². The number of likely N-dealkylation sites (tertiary alicyclic amines) is 1. The average Bonchev–Trinajstić information content (AvgIpc) is 3.21. The molecule has 1 aromatic rings. The molecule has 1 saturated heterocycles. The maximum absolute atomic E-state index is 12.6. The SMILES string of the molecule is CCN/C(SCC(=O)Nc1cccc(C(C)=O)c1)=C(/C#N)C(=O)N1CCCC1. The van der Waals surface area contributed by atoms with Crippen LogP contribution < -0.4 is 10.6 Å². The van der Waals surface area contributed by atoms with Gasteiger partial charge in [0.1, 0.15) is 11.6 Å². The number of anilines is 1. The molecule has 1 heterocycles. The molecule has 2 amide bonds. The number of carbonyl (C=O) groups is 3. The summed E-state index contributed by atoms with van der Waals surface area (Å²) < 4.78 is 0.